The summed E-state index contributed by atoms with van der Waals surface area (Å²) in [4.78, 5) is 10.1. The van der Waals surface area contributed by atoms with Gasteiger partial charge in [-0.2, -0.15) is 0 Å². The van der Waals surface area contributed by atoms with Crippen molar-refractivity contribution in [2.75, 3.05) is 0 Å². The molecule has 0 saturated heterocycles. The number of nitro groups is 1. The van der Waals surface area contributed by atoms with Crippen LogP contribution in [-0.4, -0.2) is 10.1 Å². The minimum absolute atomic E-state index is 0.0431. The van der Waals surface area contributed by atoms with Gasteiger partial charge in [0.25, 0.3) is 5.69 Å². The van der Waals surface area contributed by atoms with Gasteiger partial charge in [0.2, 0.25) is 0 Å². The highest BCUT2D eigenvalue weighted by Crippen LogP contribution is 2.23. The molecule has 0 unspecified atom stereocenters. The predicted octanol–water partition coefficient (Wildman–Crippen LogP) is 2.56. The molecule has 0 aliphatic carbocycles. The van der Waals surface area contributed by atoms with Gasteiger partial charge in [0, 0.05) is 23.8 Å². The van der Waals surface area contributed by atoms with E-state index in [-0.39, 0.29) is 5.69 Å². The Kier molecular flexibility index (Phi) is 2.21. The number of hydrogen-bond acceptors (Lipinski definition) is 4. The second-order valence-corrected chi connectivity index (χ2v) is 3.14. The van der Waals surface area contributed by atoms with E-state index < -0.39 is 4.92 Å². The Morgan fingerprint density at radius 1 is 1.40 bits per heavy atom. The maximum atomic E-state index is 10.5. The quantitative estimate of drug-likeness (QED) is 0.556. The predicted molar refractivity (Wildman–Crippen MR) is 53.3 cm³/mol. The van der Waals surface area contributed by atoms with Gasteiger partial charge in [-0.25, -0.2) is 0 Å². The van der Waals surface area contributed by atoms with Crippen LogP contribution in [-0.2, 0) is 0 Å². The topological polar surface area (TPSA) is 69.2 Å². The van der Waals surface area contributed by atoms with Crippen LogP contribution in [0, 0.1) is 17.0 Å². The van der Waals surface area contributed by atoms with Crippen LogP contribution in [0.25, 0.3) is 11.3 Å². The van der Waals surface area contributed by atoms with Crippen molar-refractivity contribution in [2.45, 2.75) is 6.92 Å². The van der Waals surface area contributed by atoms with E-state index in [1.54, 1.807) is 25.1 Å². The summed E-state index contributed by atoms with van der Waals surface area (Å²) in [6, 6.07) is 7.99. The van der Waals surface area contributed by atoms with Gasteiger partial charge in [0.15, 0.2) is 5.76 Å². The first-order valence-corrected chi connectivity index (χ1v) is 4.35. The molecule has 5 heteroatoms. The van der Waals surface area contributed by atoms with Crippen molar-refractivity contribution in [1.29, 1.82) is 0 Å². The van der Waals surface area contributed by atoms with Crippen LogP contribution >= 0.6 is 0 Å². The van der Waals surface area contributed by atoms with Crippen molar-refractivity contribution in [3.63, 3.8) is 0 Å². The van der Waals surface area contributed by atoms with Crippen LogP contribution < -0.4 is 0 Å². The summed E-state index contributed by atoms with van der Waals surface area (Å²) in [5.41, 5.74) is 1.45. The number of rotatable bonds is 2. The van der Waals surface area contributed by atoms with Crippen molar-refractivity contribution < 1.29 is 9.45 Å². The molecule has 1 heterocycles. The summed E-state index contributed by atoms with van der Waals surface area (Å²) in [5, 5.41) is 14.3. The first-order chi connectivity index (χ1) is 7.16. The molecule has 0 spiro atoms. The minimum Gasteiger partial charge on any atom is -0.356 e. The minimum atomic E-state index is -0.438. The molecule has 0 radical (unpaired) electrons. The number of non-ortho nitro benzene ring substituents is 1. The van der Waals surface area contributed by atoms with Crippen LogP contribution in [0.1, 0.15) is 5.69 Å². The van der Waals surface area contributed by atoms with Crippen LogP contribution in [0.15, 0.2) is 34.9 Å². The second-order valence-electron chi connectivity index (χ2n) is 3.14. The molecule has 0 atom stereocenters. The van der Waals surface area contributed by atoms with Gasteiger partial charge < -0.3 is 4.52 Å². The third kappa shape index (κ3) is 1.85. The van der Waals surface area contributed by atoms with Crippen molar-refractivity contribution in [1.82, 2.24) is 5.16 Å². The van der Waals surface area contributed by atoms with E-state index in [9.17, 15) is 10.1 Å². The number of aryl methyl sites for hydroxylation is 1. The zero-order chi connectivity index (χ0) is 10.8. The molecule has 1 aromatic carbocycles. The van der Waals surface area contributed by atoms with Crippen LogP contribution in [0.4, 0.5) is 5.69 Å². The number of hydrogen-bond donors (Lipinski definition) is 0. The van der Waals surface area contributed by atoms with E-state index >= 15 is 0 Å². The van der Waals surface area contributed by atoms with Crippen molar-refractivity contribution in [2.24, 2.45) is 0 Å². The lowest BCUT2D eigenvalue weighted by Crippen LogP contribution is -1.87. The maximum Gasteiger partial charge on any atom is 0.270 e. The van der Waals surface area contributed by atoms with E-state index in [4.69, 9.17) is 4.52 Å². The third-order valence-electron chi connectivity index (χ3n) is 1.97. The molecule has 2 aromatic rings. The summed E-state index contributed by atoms with van der Waals surface area (Å²) < 4.78 is 5.01. The first-order valence-electron chi connectivity index (χ1n) is 4.35. The largest absolute Gasteiger partial charge is 0.356 e. The zero-order valence-electron chi connectivity index (χ0n) is 8.01. The highest BCUT2D eigenvalue weighted by molar-refractivity contribution is 5.60. The molecule has 0 aliphatic rings. The van der Waals surface area contributed by atoms with E-state index in [0.29, 0.717) is 11.3 Å². The summed E-state index contributed by atoms with van der Waals surface area (Å²) >= 11 is 0. The molecule has 2 rings (SSSR count). The van der Waals surface area contributed by atoms with Crippen molar-refractivity contribution in [3.8, 4) is 11.3 Å². The fourth-order valence-electron chi connectivity index (χ4n) is 1.27. The Morgan fingerprint density at radius 2 is 2.20 bits per heavy atom. The molecule has 0 N–H and O–H groups in total. The first kappa shape index (κ1) is 9.39. The number of benzene rings is 1. The lowest BCUT2D eigenvalue weighted by Gasteiger charge is -1.94. The third-order valence-corrected chi connectivity index (χ3v) is 1.97. The number of nitro benzene ring substituents is 1. The van der Waals surface area contributed by atoms with Crippen LogP contribution in [0.2, 0.25) is 0 Å². The van der Waals surface area contributed by atoms with E-state index in [1.165, 1.54) is 12.1 Å². The van der Waals surface area contributed by atoms with Gasteiger partial charge in [-0.1, -0.05) is 17.3 Å². The molecule has 15 heavy (non-hydrogen) atoms. The number of aromatic nitrogens is 1. The zero-order valence-corrected chi connectivity index (χ0v) is 8.01. The maximum absolute atomic E-state index is 10.5. The SMILES string of the molecule is Cc1cc(-c2cccc([N+](=O)[O-])c2)on1. The fraction of sp³-hybridized carbons (Fsp3) is 0.100. The average Bonchev–Trinajstić information content (AvgIpc) is 2.65. The molecule has 1 aromatic heterocycles. The molecule has 0 bridgehead atoms. The lowest BCUT2D eigenvalue weighted by atomic mass is 10.1. The molecule has 0 fully saturated rings. The van der Waals surface area contributed by atoms with Gasteiger partial charge in [0.1, 0.15) is 0 Å². The molecular weight excluding hydrogens is 196 g/mol. The van der Waals surface area contributed by atoms with Gasteiger partial charge in [-0.15, -0.1) is 0 Å². The monoisotopic (exact) mass is 204 g/mol. The summed E-state index contributed by atoms with van der Waals surface area (Å²) in [5.74, 6) is 0.538. The Bertz CT molecular complexity index is 505. The second kappa shape index (κ2) is 3.53. The average molecular weight is 204 g/mol. The summed E-state index contributed by atoms with van der Waals surface area (Å²) in [6.07, 6.45) is 0. The normalized spacial score (nSPS) is 10.2. The molecule has 0 aliphatic heterocycles. The van der Waals surface area contributed by atoms with Gasteiger partial charge in [-0.05, 0) is 6.92 Å². The van der Waals surface area contributed by atoms with Crippen molar-refractivity contribution >= 4 is 5.69 Å². The highest BCUT2D eigenvalue weighted by Gasteiger charge is 2.09. The Morgan fingerprint density at radius 3 is 2.80 bits per heavy atom. The smallest absolute Gasteiger partial charge is 0.270 e. The fourth-order valence-corrected chi connectivity index (χ4v) is 1.27. The van der Waals surface area contributed by atoms with Crippen molar-refractivity contribution in [3.05, 3.63) is 46.1 Å². The van der Waals surface area contributed by atoms with Crippen LogP contribution in [0.5, 0.6) is 0 Å². The summed E-state index contributed by atoms with van der Waals surface area (Å²) in [7, 11) is 0. The standard InChI is InChI=1S/C10H8N2O3/c1-7-5-10(15-11-7)8-3-2-4-9(6-8)12(13)14/h2-6H,1H3. The molecular formula is C10H8N2O3. The van der Waals surface area contributed by atoms with Gasteiger partial charge >= 0.3 is 0 Å². The van der Waals surface area contributed by atoms with E-state index in [1.807, 2.05) is 0 Å². The lowest BCUT2D eigenvalue weighted by molar-refractivity contribution is -0.384. The van der Waals surface area contributed by atoms with Crippen LogP contribution in [0.3, 0.4) is 0 Å². The Balaban J connectivity index is 2.45. The van der Waals surface area contributed by atoms with E-state index in [2.05, 4.69) is 5.16 Å². The molecule has 0 amide bonds. The van der Waals surface area contributed by atoms with E-state index in [0.717, 1.165) is 5.69 Å². The van der Waals surface area contributed by atoms with Gasteiger partial charge in [-0.3, -0.25) is 10.1 Å². The number of nitrogens with zero attached hydrogens (tertiary/aromatic N) is 2. The molecule has 5 nitrogen and oxygen atoms in total. The molecule has 76 valence electrons. The highest BCUT2D eigenvalue weighted by atomic mass is 16.6. The summed E-state index contributed by atoms with van der Waals surface area (Å²) in [6.45, 7) is 1.80. The Hall–Kier alpha value is -2.17. The van der Waals surface area contributed by atoms with Gasteiger partial charge in [0.05, 0.1) is 10.6 Å². The molecule has 0 saturated carbocycles. The Labute approximate surface area is 85.5 Å².